The zero-order chi connectivity index (χ0) is 8.77. The highest BCUT2D eigenvalue weighted by atomic mass is 32.2. The molecule has 0 aromatic rings. The molecule has 66 valence electrons. The van der Waals surface area contributed by atoms with E-state index in [1.807, 2.05) is 6.92 Å². The van der Waals surface area contributed by atoms with Gasteiger partial charge in [-0.2, -0.15) is 0 Å². The van der Waals surface area contributed by atoms with E-state index in [0.29, 0.717) is 12.5 Å². The number of hydrogen-bond donors (Lipinski definition) is 0. The molecule has 1 saturated heterocycles. The highest BCUT2D eigenvalue weighted by molar-refractivity contribution is 8.02. The first-order chi connectivity index (χ1) is 5.64. The fraction of sp³-hybridized carbons (Fsp3) is 0.750. The molecule has 0 aliphatic carbocycles. The molecule has 0 bridgehead atoms. The summed E-state index contributed by atoms with van der Waals surface area (Å²) in [5, 5.41) is 3.95. The second-order valence-electron chi connectivity index (χ2n) is 3.37. The number of carbonyl (C=O) groups is 1. The molecule has 0 aromatic heterocycles. The summed E-state index contributed by atoms with van der Waals surface area (Å²) >= 11 is 1.68. The molecule has 3 nitrogen and oxygen atoms in total. The van der Waals surface area contributed by atoms with Gasteiger partial charge in [0.15, 0.2) is 5.78 Å². The van der Waals surface area contributed by atoms with Crippen molar-refractivity contribution in [2.75, 3.05) is 12.4 Å². The van der Waals surface area contributed by atoms with Crippen LogP contribution in [0.4, 0.5) is 0 Å². The zero-order valence-corrected chi connectivity index (χ0v) is 7.98. The van der Waals surface area contributed by atoms with Gasteiger partial charge in [-0.15, -0.1) is 11.8 Å². The Kier molecular flexibility index (Phi) is 1.68. The van der Waals surface area contributed by atoms with Gasteiger partial charge in [-0.3, -0.25) is 4.79 Å². The average molecular weight is 185 g/mol. The van der Waals surface area contributed by atoms with Crippen molar-refractivity contribution >= 4 is 23.3 Å². The number of rotatable bonds is 1. The smallest absolute Gasteiger partial charge is 0.151 e. The van der Waals surface area contributed by atoms with E-state index in [4.69, 9.17) is 4.84 Å². The van der Waals surface area contributed by atoms with Crippen LogP contribution in [-0.4, -0.2) is 28.6 Å². The van der Waals surface area contributed by atoms with E-state index in [1.54, 1.807) is 18.7 Å². The Balaban J connectivity index is 2.34. The normalized spacial score (nSPS) is 38.8. The fourth-order valence-corrected chi connectivity index (χ4v) is 2.92. The molecular formula is C8H11NO2S. The van der Waals surface area contributed by atoms with Crippen LogP contribution in [0.5, 0.6) is 0 Å². The third kappa shape index (κ3) is 0.905. The molecule has 0 saturated carbocycles. The molecule has 0 spiro atoms. The Morgan fingerprint density at radius 3 is 3.25 bits per heavy atom. The van der Waals surface area contributed by atoms with Crippen LogP contribution in [-0.2, 0) is 9.63 Å². The lowest BCUT2D eigenvalue weighted by atomic mass is 9.92. The number of ketones is 1. The van der Waals surface area contributed by atoms with Crippen LogP contribution in [0.3, 0.4) is 0 Å². The maximum Gasteiger partial charge on any atom is 0.151 e. The first-order valence-corrected chi connectivity index (χ1v) is 4.98. The third-order valence-corrected chi connectivity index (χ3v) is 4.20. The molecule has 2 heterocycles. The summed E-state index contributed by atoms with van der Waals surface area (Å²) in [7, 11) is 0. The van der Waals surface area contributed by atoms with E-state index in [-0.39, 0.29) is 5.78 Å². The van der Waals surface area contributed by atoms with E-state index in [9.17, 15) is 4.79 Å². The van der Waals surface area contributed by atoms with E-state index in [2.05, 4.69) is 5.16 Å². The Hall–Kier alpha value is -0.510. The Labute approximate surface area is 75.5 Å². The second kappa shape index (κ2) is 2.49. The van der Waals surface area contributed by atoms with Crippen molar-refractivity contribution < 1.29 is 9.63 Å². The van der Waals surface area contributed by atoms with Crippen LogP contribution >= 0.6 is 11.8 Å². The van der Waals surface area contributed by atoms with Gasteiger partial charge in [-0.05, 0) is 13.8 Å². The molecule has 0 unspecified atom stereocenters. The van der Waals surface area contributed by atoms with Crippen molar-refractivity contribution in [2.24, 2.45) is 11.1 Å². The Bertz CT molecular complexity index is 264. The fourth-order valence-electron chi connectivity index (χ4n) is 1.58. The molecule has 2 rings (SSSR count). The Morgan fingerprint density at radius 2 is 2.58 bits per heavy atom. The van der Waals surface area contributed by atoms with Crippen LogP contribution < -0.4 is 0 Å². The largest absolute Gasteiger partial charge is 0.395 e. The maximum absolute atomic E-state index is 11.4. The minimum absolute atomic E-state index is 0.180. The van der Waals surface area contributed by atoms with Crippen LogP contribution in [0, 0.1) is 5.92 Å². The predicted octanol–water partition coefficient (Wildman–Crippen LogP) is 1.08. The molecule has 0 amide bonds. The molecule has 0 aromatic carbocycles. The number of nitrogens with zero attached hydrogens (tertiary/aromatic N) is 1. The second-order valence-corrected chi connectivity index (χ2v) is 4.81. The maximum atomic E-state index is 11.4. The highest BCUT2D eigenvalue weighted by Gasteiger charge is 2.49. The van der Waals surface area contributed by atoms with Gasteiger partial charge in [-0.25, -0.2) is 0 Å². The van der Waals surface area contributed by atoms with E-state index < -0.39 is 4.75 Å². The van der Waals surface area contributed by atoms with Gasteiger partial charge in [0.1, 0.15) is 11.4 Å². The molecular weight excluding hydrogens is 174 g/mol. The predicted molar refractivity (Wildman–Crippen MR) is 48.4 cm³/mol. The van der Waals surface area contributed by atoms with Gasteiger partial charge in [0.25, 0.3) is 0 Å². The first-order valence-electron chi connectivity index (χ1n) is 4.00. The minimum Gasteiger partial charge on any atom is -0.395 e. The van der Waals surface area contributed by atoms with Gasteiger partial charge >= 0.3 is 0 Å². The summed E-state index contributed by atoms with van der Waals surface area (Å²) in [6.45, 7) is 4.22. The lowest BCUT2D eigenvalue weighted by molar-refractivity contribution is -0.117. The minimum atomic E-state index is -0.402. The molecule has 1 fully saturated rings. The molecule has 12 heavy (non-hydrogen) atoms. The van der Waals surface area contributed by atoms with Crippen molar-refractivity contribution in [3.8, 4) is 0 Å². The lowest BCUT2D eigenvalue weighted by Gasteiger charge is -2.18. The topological polar surface area (TPSA) is 38.7 Å². The molecule has 2 aliphatic heterocycles. The Morgan fingerprint density at radius 1 is 1.83 bits per heavy atom. The van der Waals surface area contributed by atoms with E-state index in [1.165, 1.54) is 0 Å². The van der Waals surface area contributed by atoms with Crippen molar-refractivity contribution in [2.45, 2.75) is 18.6 Å². The number of fused-ring (bicyclic) bond motifs is 1. The van der Waals surface area contributed by atoms with E-state index in [0.717, 1.165) is 11.5 Å². The summed E-state index contributed by atoms with van der Waals surface area (Å²) in [5.74, 6) is 1.53. The van der Waals surface area contributed by atoms with Crippen molar-refractivity contribution in [3.05, 3.63) is 0 Å². The van der Waals surface area contributed by atoms with Gasteiger partial charge < -0.3 is 4.84 Å². The molecule has 0 radical (unpaired) electrons. The highest BCUT2D eigenvalue weighted by Crippen LogP contribution is 2.42. The summed E-state index contributed by atoms with van der Waals surface area (Å²) in [5.41, 5.74) is 0.944. The SMILES string of the molecule is CC(=O)[C@]1(C)SC[C@H]2CON=C21. The van der Waals surface area contributed by atoms with Crippen LogP contribution in [0.1, 0.15) is 13.8 Å². The monoisotopic (exact) mass is 185 g/mol. The van der Waals surface area contributed by atoms with Crippen molar-refractivity contribution in [1.29, 1.82) is 0 Å². The lowest BCUT2D eigenvalue weighted by Crippen LogP contribution is -2.36. The van der Waals surface area contributed by atoms with Crippen LogP contribution in [0.25, 0.3) is 0 Å². The molecule has 0 N–H and O–H groups in total. The number of oxime groups is 1. The summed E-state index contributed by atoms with van der Waals surface area (Å²) in [4.78, 5) is 16.3. The molecule has 4 heteroatoms. The number of thioether (sulfide) groups is 1. The van der Waals surface area contributed by atoms with E-state index >= 15 is 0 Å². The molecule has 2 atom stereocenters. The standard InChI is InChI=1S/C8H11NO2S/c1-5(10)8(2)7-6(4-12-8)3-11-9-7/h6H,3-4H2,1-2H3/t6-,8+/m1/s1. The molecule has 2 aliphatic rings. The van der Waals surface area contributed by atoms with Crippen LogP contribution in [0.2, 0.25) is 0 Å². The zero-order valence-electron chi connectivity index (χ0n) is 7.16. The quantitative estimate of drug-likeness (QED) is 0.613. The average Bonchev–Trinajstić information content (AvgIpc) is 2.54. The summed E-state index contributed by atoms with van der Waals surface area (Å²) in [6, 6.07) is 0. The van der Waals surface area contributed by atoms with Gasteiger partial charge in [0.05, 0.1) is 5.71 Å². The number of Topliss-reactive ketones (excluding diaryl/α,β-unsaturated/α-hetero) is 1. The van der Waals surface area contributed by atoms with Crippen molar-refractivity contribution in [3.63, 3.8) is 0 Å². The third-order valence-electron chi connectivity index (χ3n) is 2.56. The van der Waals surface area contributed by atoms with Gasteiger partial charge in [-0.1, -0.05) is 5.16 Å². The number of hydrogen-bond acceptors (Lipinski definition) is 4. The van der Waals surface area contributed by atoms with Gasteiger partial charge in [0.2, 0.25) is 0 Å². The van der Waals surface area contributed by atoms with Crippen LogP contribution in [0.15, 0.2) is 5.16 Å². The summed E-state index contributed by atoms with van der Waals surface area (Å²) in [6.07, 6.45) is 0. The van der Waals surface area contributed by atoms with Crippen molar-refractivity contribution in [1.82, 2.24) is 0 Å². The summed E-state index contributed by atoms with van der Waals surface area (Å²) < 4.78 is -0.402. The van der Waals surface area contributed by atoms with Gasteiger partial charge in [0, 0.05) is 11.7 Å². The first kappa shape index (κ1) is 8.10. The number of carbonyl (C=O) groups excluding carboxylic acids is 1.